The Morgan fingerprint density at radius 1 is 1.30 bits per heavy atom. The van der Waals surface area contributed by atoms with Gasteiger partial charge in [-0.1, -0.05) is 12.8 Å². The standard InChI is InChI=1S/C17H32N4OS/c1-3-18-17(19-10-6-12-23-2)20-15-9-11-21(13-15)16(22)14-7-4-5-8-14/h14-15H,3-13H2,1-2H3,(H2,18,19,20). The molecule has 0 aromatic rings. The highest BCUT2D eigenvalue weighted by atomic mass is 32.2. The van der Waals surface area contributed by atoms with Crippen molar-refractivity contribution in [2.45, 2.75) is 51.5 Å². The van der Waals surface area contributed by atoms with E-state index in [-0.39, 0.29) is 0 Å². The number of nitrogens with one attached hydrogen (secondary N) is 2. The second-order valence-corrected chi connectivity index (χ2v) is 7.49. The lowest BCUT2D eigenvalue weighted by Gasteiger charge is -2.21. The normalized spacial score (nSPS) is 22.6. The van der Waals surface area contributed by atoms with E-state index in [4.69, 9.17) is 0 Å². The van der Waals surface area contributed by atoms with Gasteiger partial charge < -0.3 is 15.5 Å². The molecule has 0 spiro atoms. The highest BCUT2D eigenvalue weighted by molar-refractivity contribution is 7.98. The minimum atomic E-state index is 0.294. The molecule has 1 saturated carbocycles. The zero-order valence-corrected chi connectivity index (χ0v) is 15.5. The van der Waals surface area contributed by atoms with Gasteiger partial charge in [0.25, 0.3) is 0 Å². The van der Waals surface area contributed by atoms with E-state index in [1.807, 2.05) is 11.8 Å². The van der Waals surface area contributed by atoms with E-state index in [2.05, 4.69) is 33.7 Å². The number of thioether (sulfide) groups is 1. The Kier molecular flexibility index (Phi) is 8.06. The minimum absolute atomic E-state index is 0.294. The summed E-state index contributed by atoms with van der Waals surface area (Å²) in [6.45, 7) is 5.52. The van der Waals surface area contributed by atoms with Crippen LogP contribution in [0.2, 0.25) is 0 Å². The molecule has 0 radical (unpaired) electrons. The highest BCUT2D eigenvalue weighted by Crippen LogP contribution is 2.27. The monoisotopic (exact) mass is 340 g/mol. The maximum absolute atomic E-state index is 12.5. The van der Waals surface area contributed by atoms with E-state index in [0.29, 0.717) is 17.9 Å². The molecule has 1 amide bonds. The first-order chi connectivity index (χ1) is 11.2. The number of aliphatic imine (C=N–C) groups is 1. The Bertz CT molecular complexity index is 396. The van der Waals surface area contributed by atoms with Crippen molar-refractivity contribution in [3.05, 3.63) is 0 Å². The average molecular weight is 341 g/mol. The van der Waals surface area contributed by atoms with Crippen molar-refractivity contribution in [2.24, 2.45) is 10.9 Å². The number of hydrogen-bond donors (Lipinski definition) is 2. The van der Waals surface area contributed by atoms with Gasteiger partial charge in [-0.2, -0.15) is 11.8 Å². The van der Waals surface area contributed by atoms with Crippen molar-refractivity contribution < 1.29 is 4.79 Å². The van der Waals surface area contributed by atoms with Crippen LogP contribution in [0.1, 0.15) is 45.4 Å². The summed E-state index contributed by atoms with van der Waals surface area (Å²) in [6.07, 6.45) is 8.88. The van der Waals surface area contributed by atoms with Gasteiger partial charge in [-0.3, -0.25) is 9.79 Å². The molecule has 1 unspecified atom stereocenters. The van der Waals surface area contributed by atoms with E-state index >= 15 is 0 Å². The van der Waals surface area contributed by atoms with Crippen molar-refractivity contribution >= 4 is 23.6 Å². The second kappa shape index (κ2) is 10.1. The summed E-state index contributed by atoms with van der Waals surface area (Å²) in [5, 5.41) is 6.82. The van der Waals surface area contributed by atoms with Crippen molar-refractivity contribution in [2.75, 3.05) is 38.2 Å². The van der Waals surface area contributed by atoms with Gasteiger partial charge in [0, 0.05) is 38.1 Å². The molecule has 1 aliphatic heterocycles. The summed E-state index contributed by atoms with van der Waals surface area (Å²) in [7, 11) is 0. The van der Waals surface area contributed by atoms with Crippen LogP contribution in [0, 0.1) is 5.92 Å². The topological polar surface area (TPSA) is 56.7 Å². The fraction of sp³-hybridized carbons (Fsp3) is 0.882. The first-order valence-corrected chi connectivity index (χ1v) is 10.5. The average Bonchev–Trinajstić information content (AvgIpc) is 3.22. The summed E-state index contributed by atoms with van der Waals surface area (Å²) in [5.41, 5.74) is 0. The maximum Gasteiger partial charge on any atom is 0.225 e. The van der Waals surface area contributed by atoms with Crippen molar-refractivity contribution in [3.8, 4) is 0 Å². The van der Waals surface area contributed by atoms with Gasteiger partial charge in [-0.05, 0) is 44.6 Å². The van der Waals surface area contributed by atoms with Gasteiger partial charge in [0.2, 0.25) is 5.91 Å². The molecule has 1 atom stereocenters. The lowest BCUT2D eigenvalue weighted by atomic mass is 10.1. The molecule has 0 bridgehead atoms. The van der Waals surface area contributed by atoms with Crippen molar-refractivity contribution in [3.63, 3.8) is 0 Å². The predicted molar refractivity (Wildman–Crippen MR) is 99.1 cm³/mol. The molecule has 1 aliphatic carbocycles. The smallest absolute Gasteiger partial charge is 0.225 e. The number of amides is 1. The third-order valence-corrected chi connectivity index (χ3v) is 5.36. The quantitative estimate of drug-likeness (QED) is 0.423. The van der Waals surface area contributed by atoms with Crippen LogP contribution in [-0.2, 0) is 4.79 Å². The predicted octanol–water partition coefficient (Wildman–Crippen LogP) is 2.09. The van der Waals surface area contributed by atoms with Gasteiger partial charge >= 0.3 is 0 Å². The number of nitrogens with zero attached hydrogens (tertiary/aromatic N) is 2. The molecule has 5 nitrogen and oxygen atoms in total. The van der Waals surface area contributed by atoms with Gasteiger partial charge in [0.1, 0.15) is 0 Å². The summed E-state index contributed by atoms with van der Waals surface area (Å²) in [6, 6.07) is 0.332. The van der Waals surface area contributed by atoms with E-state index in [9.17, 15) is 4.79 Å². The number of carbonyl (C=O) groups is 1. The molecule has 0 aromatic heterocycles. The number of guanidine groups is 1. The summed E-state index contributed by atoms with van der Waals surface area (Å²) >= 11 is 1.86. The van der Waals surface area contributed by atoms with Gasteiger partial charge in [-0.25, -0.2) is 0 Å². The molecule has 23 heavy (non-hydrogen) atoms. The Morgan fingerprint density at radius 3 is 2.78 bits per heavy atom. The first kappa shape index (κ1) is 18.4. The van der Waals surface area contributed by atoms with Crippen molar-refractivity contribution in [1.82, 2.24) is 15.5 Å². The first-order valence-electron chi connectivity index (χ1n) is 9.07. The lowest BCUT2D eigenvalue weighted by molar-refractivity contribution is -0.134. The van der Waals surface area contributed by atoms with E-state index in [0.717, 1.165) is 63.6 Å². The van der Waals surface area contributed by atoms with Gasteiger partial charge in [-0.15, -0.1) is 0 Å². The molecule has 1 saturated heterocycles. The van der Waals surface area contributed by atoms with Crippen LogP contribution in [0.3, 0.4) is 0 Å². The number of rotatable bonds is 7. The Hall–Kier alpha value is -0.910. The van der Waals surface area contributed by atoms with Gasteiger partial charge in [0.05, 0.1) is 0 Å². The lowest BCUT2D eigenvalue weighted by Crippen LogP contribution is -2.45. The SMILES string of the molecule is CCNC(=NCCCSC)NC1CCN(C(=O)C2CCCC2)C1. The van der Waals surface area contributed by atoms with Crippen LogP contribution in [0.5, 0.6) is 0 Å². The molecular weight excluding hydrogens is 308 g/mol. The number of likely N-dealkylation sites (tertiary alicyclic amines) is 1. The molecule has 2 N–H and O–H groups in total. The Balaban J connectivity index is 1.78. The van der Waals surface area contributed by atoms with E-state index in [1.54, 1.807) is 0 Å². The third kappa shape index (κ3) is 5.90. The molecule has 2 aliphatic rings. The molecule has 2 fully saturated rings. The Morgan fingerprint density at radius 2 is 2.09 bits per heavy atom. The second-order valence-electron chi connectivity index (χ2n) is 6.50. The van der Waals surface area contributed by atoms with Crippen molar-refractivity contribution in [1.29, 1.82) is 0 Å². The van der Waals surface area contributed by atoms with Crippen LogP contribution < -0.4 is 10.6 Å². The molecular formula is C17H32N4OS. The van der Waals surface area contributed by atoms with Crippen LogP contribution >= 0.6 is 11.8 Å². The summed E-state index contributed by atoms with van der Waals surface area (Å²) in [5.74, 6) is 2.72. The van der Waals surface area contributed by atoms with Crippen LogP contribution in [0.25, 0.3) is 0 Å². The van der Waals surface area contributed by atoms with Crippen LogP contribution in [0.15, 0.2) is 4.99 Å². The minimum Gasteiger partial charge on any atom is -0.357 e. The number of carbonyl (C=O) groups excluding carboxylic acids is 1. The maximum atomic E-state index is 12.5. The third-order valence-electron chi connectivity index (χ3n) is 4.67. The highest BCUT2D eigenvalue weighted by Gasteiger charge is 2.32. The van der Waals surface area contributed by atoms with Gasteiger partial charge in [0.15, 0.2) is 5.96 Å². The fourth-order valence-electron chi connectivity index (χ4n) is 3.42. The molecule has 2 rings (SSSR count). The summed E-state index contributed by atoms with van der Waals surface area (Å²) in [4.78, 5) is 19.2. The number of hydrogen-bond acceptors (Lipinski definition) is 3. The van der Waals surface area contributed by atoms with E-state index < -0.39 is 0 Å². The largest absolute Gasteiger partial charge is 0.357 e. The molecule has 1 heterocycles. The zero-order chi connectivity index (χ0) is 16.5. The molecule has 6 heteroatoms. The molecule has 132 valence electrons. The zero-order valence-electron chi connectivity index (χ0n) is 14.6. The van der Waals surface area contributed by atoms with Crippen LogP contribution in [-0.4, -0.2) is 61.0 Å². The van der Waals surface area contributed by atoms with E-state index in [1.165, 1.54) is 12.8 Å². The molecule has 0 aromatic carbocycles. The van der Waals surface area contributed by atoms with Crippen LogP contribution in [0.4, 0.5) is 0 Å². The Labute approximate surface area is 145 Å². The fourth-order valence-corrected chi connectivity index (χ4v) is 3.84. The summed E-state index contributed by atoms with van der Waals surface area (Å²) < 4.78 is 0.